The number of nitrogens with zero attached hydrogens (tertiary/aromatic N) is 1. The van der Waals surface area contributed by atoms with Gasteiger partial charge < -0.3 is 9.64 Å². The van der Waals surface area contributed by atoms with E-state index in [4.69, 9.17) is 4.74 Å². The summed E-state index contributed by atoms with van der Waals surface area (Å²) in [5, 5.41) is 2.57. The number of halogens is 1. The zero-order valence-corrected chi connectivity index (χ0v) is 22.4. The van der Waals surface area contributed by atoms with Crippen LogP contribution in [-0.4, -0.2) is 42.0 Å². The smallest absolute Gasteiger partial charge is 0.412 e. The normalized spacial score (nSPS) is 14.9. The van der Waals surface area contributed by atoms with Gasteiger partial charge in [0.15, 0.2) is 5.78 Å². The number of hydrogen-bond acceptors (Lipinski definition) is 4. The number of amides is 1. The lowest BCUT2D eigenvalue weighted by Gasteiger charge is -2.33. The van der Waals surface area contributed by atoms with Gasteiger partial charge in [-0.2, -0.15) is 0 Å². The molecule has 1 N–H and O–H groups in total. The maximum Gasteiger partial charge on any atom is 0.412 e. The second-order valence-electron chi connectivity index (χ2n) is 11.8. The SMILES string of the molecule is CC(C)(C)CN1CCC(=Cc2ccc(C(=O)Cc3ccc(F)cc3NC(=O)OC(C)(C)C)cc2)CC1. The van der Waals surface area contributed by atoms with Crippen LogP contribution >= 0.6 is 0 Å². The number of benzene rings is 2. The third kappa shape index (κ3) is 8.90. The number of ketones is 1. The van der Waals surface area contributed by atoms with Crippen LogP contribution in [0, 0.1) is 11.2 Å². The number of nitrogens with one attached hydrogen (secondary N) is 1. The van der Waals surface area contributed by atoms with Crippen molar-refractivity contribution in [3.8, 4) is 0 Å². The van der Waals surface area contributed by atoms with Crippen molar-refractivity contribution in [3.05, 3.63) is 70.5 Å². The molecule has 1 amide bonds. The lowest BCUT2D eigenvalue weighted by Crippen LogP contribution is -2.37. The number of ether oxygens (including phenoxy) is 1. The Bertz CT molecular complexity index is 1100. The zero-order valence-electron chi connectivity index (χ0n) is 22.4. The van der Waals surface area contributed by atoms with E-state index in [0.29, 0.717) is 16.5 Å². The Kier molecular flexibility index (Phi) is 8.72. The predicted molar refractivity (Wildman–Crippen MR) is 144 cm³/mol. The van der Waals surface area contributed by atoms with E-state index < -0.39 is 17.5 Å². The van der Waals surface area contributed by atoms with Gasteiger partial charge >= 0.3 is 6.09 Å². The molecule has 36 heavy (non-hydrogen) atoms. The van der Waals surface area contributed by atoms with Gasteiger partial charge in [-0.15, -0.1) is 0 Å². The number of Topliss-reactive ketones (excluding diaryl/α,β-unsaturated/α-hetero) is 1. The number of piperidine rings is 1. The van der Waals surface area contributed by atoms with Crippen molar-refractivity contribution in [2.45, 2.75) is 66.4 Å². The molecular formula is C30H39FN2O3. The largest absolute Gasteiger partial charge is 0.444 e. The summed E-state index contributed by atoms with van der Waals surface area (Å²) in [6.45, 7) is 15.3. The molecule has 1 aliphatic rings. The van der Waals surface area contributed by atoms with Gasteiger partial charge in [-0.05, 0) is 62.3 Å². The molecule has 0 radical (unpaired) electrons. The fourth-order valence-corrected chi connectivity index (χ4v) is 4.32. The first-order valence-corrected chi connectivity index (χ1v) is 12.6. The van der Waals surface area contributed by atoms with Crippen LogP contribution in [0.3, 0.4) is 0 Å². The fraction of sp³-hybridized carbons (Fsp3) is 0.467. The number of rotatable bonds is 6. The van der Waals surface area contributed by atoms with E-state index in [-0.39, 0.29) is 17.9 Å². The quantitative estimate of drug-likeness (QED) is 0.434. The Labute approximate surface area is 214 Å². The van der Waals surface area contributed by atoms with Gasteiger partial charge in [-0.25, -0.2) is 9.18 Å². The molecule has 0 atom stereocenters. The molecular weight excluding hydrogens is 455 g/mol. The fourth-order valence-electron chi connectivity index (χ4n) is 4.32. The molecule has 0 spiro atoms. The number of carbonyl (C=O) groups is 2. The first-order valence-electron chi connectivity index (χ1n) is 12.6. The average Bonchev–Trinajstić information content (AvgIpc) is 2.75. The van der Waals surface area contributed by atoms with Crippen molar-refractivity contribution in [3.63, 3.8) is 0 Å². The van der Waals surface area contributed by atoms with Gasteiger partial charge in [0.05, 0.1) is 5.69 Å². The molecule has 1 saturated heterocycles. The van der Waals surface area contributed by atoms with E-state index in [2.05, 4.69) is 37.1 Å². The van der Waals surface area contributed by atoms with Gasteiger partial charge in [0, 0.05) is 31.6 Å². The van der Waals surface area contributed by atoms with Crippen LogP contribution in [0.1, 0.15) is 75.9 Å². The Morgan fingerprint density at radius 1 is 1.00 bits per heavy atom. The van der Waals surface area contributed by atoms with E-state index >= 15 is 0 Å². The Balaban J connectivity index is 1.63. The lowest BCUT2D eigenvalue weighted by atomic mass is 9.93. The summed E-state index contributed by atoms with van der Waals surface area (Å²) in [6, 6.07) is 11.6. The van der Waals surface area contributed by atoms with E-state index in [0.717, 1.165) is 38.0 Å². The van der Waals surface area contributed by atoms with Gasteiger partial charge in [0.25, 0.3) is 0 Å². The standard InChI is InChI=1S/C30H39FN2O3/c1-29(2,3)20-33-15-13-22(14-16-33)17-21-7-9-23(10-8-21)27(34)18-24-11-12-25(31)19-26(24)32-28(35)36-30(4,5)6/h7-12,17,19H,13-16,18,20H2,1-6H3,(H,32,35). The lowest BCUT2D eigenvalue weighted by molar-refractivity contribution is 0.0635. The third-order valence-corrected chi connectivity index (χ3v) is 5.86. The van der Waals surface area contributed by atoms with Crippen molar-refractivity contribution in [2.24, 2.45) is 5.41 Å². The minimum absolute atomic E-state index is 0.0372. The number of hydrogen-bond donors (Lipinski definition) is 1. The van der Waals surface area contributed by atoms with Gasteiger partial charge in [0.2, 0.25) is 0 Å². The molecule has 0 bridgehead atoms. The molecule has 1 heterocycles. The Morgan fingerprint density at radius 3 is 2.22 bits per heavy atom. The topological polar surface area (TPSA) is 58.6 Å². The predicted octanol–water partition coefficient (Wildman–Crippen LogP) is 7.12. The van der Waals surface area contributed by atoms with E-state index in [9.17, 15) is 14.0 Å². The highest BCUT2D eigenvalue weighted by Crippen LogP contribution is 2.24. The highest BCUT2D eigenvalue weighted by molar-refractivity contribution is 5.99. The number of anilines is 1. The molecule has 5 nitrogen and oxygen atoms in total. The second-order valence-corrected chi connectivity index (χ2v) is 11.8. The first kappa shape index (κ1) is 27.6. The second kappa shape index (κ2) is 11.4. The summed E-state index contributed by atoms with van der Waals surface area (Å²) in [7, 11) is 0. The molecule has 6 heteroatoms. The van der Waals surface area contributed by atoms with Gasteiger partial charge in [-0.1, -0.05) is 62.8 Å². The van der Waals surface area contributed by atoms with Crippen LogP contribution in [0.15, 0.2) is 48.0 Å². The van der Waals surface area contributed by atoms with Crippen LogP contribution in [-0.2, 0) is 11.2 Å². The van der Waals surface area contributed by atoms with Crippen LogP contribution in [0.2, 0.25) is 0 Å². The molecule has 0 aliphatic carbocycles. The molecule has 2 aromatic rings. The molecule has 0 unspecified atom stereocenters. The molecule has 0 aromatic heterocycles. The highest BCUT2D eigenvalue weighted by Gasteiger charge is 2.21. The van der Waals surface area contributed by atoms with Crippen molar-refractivity contribution >= 4 is 23.6 Å². The van der Waals surface area contributed by atoms with E-state index in [1.165, 1.54) is 23.8 Å². The maximum atomic E-state index is 13.8. The molecule has 1 fully saturated rings. The third-order valence-electron chi connectivity index (χ3n) is 5.86. The summed E-state index contributed by atoms with van der Waals surface area (Å²) in [6.07, 6.45) is 3.70. The van der Waals surface area contributed by atoms with E-state index in [1.807, 2.05) is 24.3 Å². The van der Waals surface area contributed by atoms with Crippen LogP contribution in [0.5, 0.6) is 0 Å². The van der Waals surface area contributed by atoms with Crippen LogP contribution < -0.4 is 5.32 Å². The maximum absolute atomic E-state index is 13.8. The van der Waals surface area contributed by atoms with Crippen molar-refractivity contribution < 1.29 is 18.7 Å². The van der Waals surface area contributed by atoms with Gasteiger partial charge in [-0.3, -0.25) is 10.1 Å². The minimum Gasteiger partial charge on any atom is -0.444 e. The summed E-state index contributed by atoms with van der Waals surface area (Å²) in [5.41, 5.74) is 3.47. The summed E-state index contributed by atoms with van der Waals surface area (Å²) in [4.78, 5) is 27.7. The first-order chi connectivity index (χ1) is 16.8. The molecule has 3 rings (SSSR count). The molecule has 194 valence electrons. The molecule has 1 aliphatic heterocycles. The van der Waals surface area contributed by atoms with Crippen molar-refractivity contribution in [1.82, 2.24) is 4.90 Å². The zero-order chi connectivity index (χ0) is 26.5. The highest BCUT2D eigenvalue weighted by atomic mass is 19.1. The van der Waals surface area contributed by atoms with Crippen LogP contribution in [0.25, 0.3) is 6.08 Å². The number of likely N-dealkylation sites (tertiary alicyclic amines) is 1. The summed E-state index contributed by atoms with van der Waals surface area (Å²) < 4.78 is 19.1. The monoisotopic (exact) mass is 494 g/mol. The summed E-state index contributed by atoms with van der Waals surface area (Å²) >= 11 is 0. The average molecular weight is 495 g/mol. The minimum atomic E-state index is -0.691. The van der Waals surface area contributed by atoms with Crippen LogP contribution in [0.4, 0.5) is 14.9 Å². The van der Waals surface area contributed by atoms with Gasteiger partial charge in [0.1, 0.15) is 11.4 Å². The summed E-state index contributed by atoms with van der Waals surface area (Å²) in [5.74, 6) is -0.609. The van der Waals surface area contributed by atoms with Crippen molar-refractivity contribution in [2.75, 3.05) is 25.0 Å². The Hall–Kier alpha value is -2.99. The van der Waals surface area contributed by atoms with Crippen molar-refractivity contribution in [1.29, 1.82) is 0 Å². The molecule has 0 saturated carbocycles. The Morgan fingerprint density at radius 2 is 1.64 bits per heavy atom. The number of carbonyl (C=O) groups excluding carboxylic acids is 2. The molecule has 2 aromatic carbocycles. The van der Waals surface area contributed by atoms with E-state index in [1.54, 1.807) is 20.8 Å².